The fourth-order valence-electron chi connectivity index (χ4n) is 4.66. The summed E-state index contributed by atoms with van der Waals surface area (Å²) in [6.45, 7) is 3.61. The summed E-state index contributed by atoms with van der Waals surface area (Å²) in [5.41, 5.74) is 1.83. The topological polar surface area (TPSA) is 54.5 Å². The summed E-state index contributed by atoms with van der Waals surface area (Å²) in [6.07, 6.45) is 2.75. The van der Waals surface area contributed by atoms with Gasteiger partial charge in [-0.05, 0) is 68.1 Å². The number of benzene rings is 2. The number of likely N-dealkylation sites (tertiary alicyclic amines) is 1. The lowest BCUT2D eigenvalue weighted by atomic mass is 9.95. The van der Waals surface area contributed by atoms with E-state index in [4.69, 9.17) is 9.72 Å². The minimum Gasteiger partial charge on any atom is -0.494 e. The number of piperidine rings is 1. The summed E-state index contributed by atoms with van der Waals surface area (Å²) in [5, 5.41) is 6.48. The fourth-order valence-corrected chi connectivity index (χ4v) is 5.45. The molecule has 2 aromatic heterocycles. The van der Waals surface area contributed by atoms with Crippen molar-refractivity contribution in [2.75, 3.05) is 26.2 Å². The monoisotopic (exact) mass is 485 g/mol. The molecule has 0 bridgehead atoms. The van der Waals surface area contributed by atoms with Gasteiger partial charge in [-0.3, -0.25) is 9.78 Å². The van der Waals surface area contributed by atoms with Crippen LogP contribution < -0.4 is 10.1 Å². The number of carbonyl (C=O) groups is 1. The van der Waals surface area contributed by atoms with E-state index < -0.39 is 0 Å². The van der Waals surface area contributed by atoms with Gasteiger partial charge in [0.25, 0.3) is 0 Å². The molecule has 3 heterocycles. The van der Waals surface area contributed by atoms with E-state index >= 15 is 0 Å². The molecule has 1 atom stereocenters. The highest BCUT2D eigenvalue weighted by Gasteiger charge is 2.28. The molecule has 180 valence electrons. The van der Waals surface area contributed by atoms with Crippen molar-refractivity contribution >= 4 is 28.1 Å². The van der Waals surface area contributed by atoms with E-state index in [2.05, 4.69) is 33.8 Å². The number of para-hydroxylation sites is 2. The van der Waals surface area contributed by atoms with Crippen LogP contribution in [0.15, 0.2) is 84.2 Å². The molecule has 1 aliphatic heterocycles. The van der Waals surface area contributed by atoms with Crippen molar-refractivity contribution in [1.29, 1.82) is 0 Å². The third-order valence-corrected chi connectivity index (χ3v) is 7.56. The number of thiophene rings is 1. The largest absolute Gasteiger partial charge is 0.494 e. The average Bonchev–Trinajstić information content (AvgIpc) is 3.45. The fraction of sp³-hybridized carbons (Fsp3) is 0.310. The molecule has 1 amide bonds. The Morgan fingerprint density at radius 1 is 1.00 bits per heavy atom. The molecule has 0 radical (unpaired) electrons. The third kappa shape index (κ3) is 6.08. The molecule has 1 unspecified atom stereocenters. The molecular weight excluding hydrogens is 454 g/mol. The summed E-state index contributed by atoms with van der Waals surface area (Å²) in [6, 6.07) is 26.1. The Kier molecular flexibility index (Phi) is 7.71. The highest BCUT2D eigenvalue weighted by atomic mass is 32.1. The van der Waals surface area contributed by atoms with Crippen LogP contribution in [-0.4, -0.2) is 42.0 Å². The maximum absolute atomic E-state index is 13.3. The molecule has 2 aromatic carbocycles. The first kappa shape index (κ1) is 23.5. The normalized spacial score (nSPS) is 15.7. The molecule has 5 nitrogen and oxygen atoms in total. The number of aromatic nitrogens is 1. The molecule has 0 spiro atoms. The van der Waals surface area contributed by atoms with Gasteiger partial charge >= 0.3 is 0 Å². The van der Waals surface area contributed by atoms with Gasteiger partial charge < -0.3 is 15.0 Å². The van der Waals surface area contributed by atoms with Crippen LogP contribution in [0.25, 0.3) is 10.9 Å². The Bertz CT molecular complexity index is 1220. The number of carbonyl (C=O) groups excluding carboxylic acids is 1. The predicted octanol–water partition coefficient (Wildman–Crippen LogP) is 5.68. The summed E-state index contributed by atoms with van der Waals surface area (Å²) in [5.74, 6) is 1.09. The molecule has 6 heteroatoms. The zero-order valence-corrected chi connectivity index (χ0v) is 20.6. The van der Waals surface area contributed by atoms with Gasteiger partial charge in [0.15, 0.2) is 0 Å². The minimum atomic E-state index is -0.222. The number of amides is 1. The number of nitrogens with zero attached hydrogens (tertiary/aromatic N) is 2. The van der Waals surface area contributed by atoms with Crippen LogP contribution in [0.2, 0.25) is 0 Å². The summed E-state index contributed by atoms with van der Waals surface area (Å²) >= 11 is 1.66. The maximum atomic E-state index is 13.3. The lowest BCUT2D eigenvalue weighted by Crippen LogP contribution is -2.42. The number of fused-ring (bicyclic) bond motifs is 1. The van der Waals surface area contributed by atoms with E-state index in [-0.39, 0.29) is 17.9 Å². The SMILES string of the molecule is O=C(NC(c1ccc2ccccc2n1)c1cccs1)C1CCN(CCCOc2ccccc2)CC1. The Morgan fingerprint density at radius 3 is 2.60 bits per heavy atom. The van der Waals surface area contributed by atoms with E-state index in [1.165, 1.54) is 0 Å². The van der Waals surface area contributed by atoms with Gasteiger partial charge in [0.05, 0.1) is 17.8 Å². The number of hydrogen-bond donors (Lipinski definition) is 1. The van der Waals surface area contributed by atoms with E-state index in [0.29, 0.717) is 6.61 Å². The first-order valence-corrected chi connectivity index (χ1v) is 13.2. The second kappa shape index (κ2) is 11.5. The van der Waals surface area contributed by atoms with Gasteiger partial charge in [0.2, 0.25) is 5.91 Å². The first-order chi connectivity index (χ1) is 17.3. The van der Waals surface area contributed by atoms with Crippen molar-refractivity contribution in [1.82, 2.24) is 15.2 Å². The number of ether oxygens (including phenoxy) is 1. The van der Waals surface area contributed by atoms with Crippen LogP contribution in [0.3, 0.4) is 0 Å². The van der Waals surface area contributed by atoms with Crippen molar-refractivity contribution in [3.63, 3.8) is 0 Å². The van der Waals surface area contributed by atoms with Gasteiger partial charge in [0.1, 0.15) is 11.8 Å². The molecule has 35 heavy (non-hydrogen) atoms. The second-order valence-corrected chi connectivity index (χ2v) is 10.00. The average molecular weight is 486 g/mol. The molecular formula is C29H31N3O2S. The summed E-state index contributed by atoms with van der Waals surface area (Å²) in [4.78, 5) is 21.7. The van der Waals surface area contributed by atoms with Gasteiger partial charge in [-0.2, -0.15) is 0 Å². The highest BCUT2D eigenvalue weighted by Crippen LogP contribution is 2.28. The maximum Gasteiger partial charge on any atom is 0.224 e. The quantitative estimate of drug-likeness (QED) is 0.310. The molecule has 0 saturated carbocycles. The smallest absolute Gasteiger partial charge is 0.224 e. The zero-order valence-electron chi connectivity index (χ0n) is 19.8. The molecule has 1 N–H and O–H groups in total. The number of hydrogen-bond acceptors (Lipinski definition) is 5. The summed E-state index contributed by atoms with van der Waals surface area (Å²) < 4.78 is 5.81. The molecule has 1 saturated heterocycles. The second-order valence-electron chi connectivity index (χ2n) is 9.02. The van der Waals surface area contributed by atoms with Crippen LogP contribution in [0.1, 0.15) is 35.9 Å². The lowest BCUT2D eigenvalue weighted by molar-refractivity contribution is -0.127. The van der Waals surface area contributed by atoms with Gasteiger partial charge in [-0.1, -0.05) is 48.5 Å². The molecule has 1 fully saturated rings. The highest BCUT2D eigenvalue weighted by molar-refractivity contribution is 7.10. The van der Waals surface area contributed by atoms with Crippen molar-refractivity contribution in [2.24, 2.45) is 5.92 Å². The number of nitrogens with one attached hydrogen (secondary N) is 1. The van der Waals surface area contributed by atoms with Gasteiger partial charge in [0, 0.05) is 22.7 Å². The standard InChI is InChI=1S/C29H31N3O2S/c33-29(23-15-18-32(19-16-23)17-7-20-34-24-9-2-1-3-10-24)31-28(27-12-6-21-35-27)26-14-13-22-8-4-5-11-25(22)30-26/h1-6,8-14,21,23,28H,7,15-20H2,(H,31,33). The predicted molar refractivity (Wildman–Crippen MR) is 142 cm³/mol. The lowest BCUT2D eigenvalue weighted by Gasteiger charge is -2.32. The van der Waals surface area contributed by atoms with Crippen LogP contribution in [0.4, 0.5) is 0 Å². The van der Waals surface area contributed by atoms with Crippen LogP contribution in [-0.2, 0) is 4.79 Å². The Labute approximate surface area is 210 Å². The molecule has 5 rings (SSSR count). The van der Waals surface area contributed by atoms with Crippen LogP contribution >= 0.6 is 11.3 Å². The summed E-state index contributed by atoms with van der Waals surface area (Å²) in [7, 11) is 0. The molecule has 4 aromatic rings. The van der Waals surface area contributed by atoms with Crippen molar-refractivity contribution in [3.05, 3.63) is 94.8 Å². The van der Waals surface area contributed by atoms with Crippen molar-refractivity contribution in [2.45, 2.75) is 25.3 Å². The van der Waals surface area contributed by atoms with Crippen molar-refractivity contribution in [3.8, 4) is 5.75 Å². The first-order valence-electron chi connectivity index (χ1n) is 12.4. The third-order valence-electron chi connectivity index (χ3n) is 6.62. The molecule has 1 aliphatic rings. The zero-order chi connectivity index (χ0) is 23.9. The van der Waals surface area contributed by atoms with E-state index in [1.807, 2.05) is 60.7 Å². The van der Waals surface area contributed by atoms with Crippen molar-refractivity contribution < 1.29 is 9.53 Å². The molecule has 0 aliphatic carbocycles. The van der Waals surface area contributed by atoms with Crippen LogP contribution in [0.5, 0.6) is 5.75 Å². The van der Waals surface area contributed by atoms with E-state index in [0.717, 1.165) is 66.1 Å². The number of pyridine rings is 1. The van der Waals surface area contributed by atoms with E-state index in [1.54, 1.807) is 11.3 Å². The van der Waals surface area contributed by atoms with Gasteiger partial charge in [-0.15, -0.1) is 11.3 Å². The Morgan fingerprint density at radius 2 is 1.80 bits per heavy atom. The van der Waals surface area contributed by atoms with Gasteiger partial charge in [-0.25, -0.2) is 0 Å². The number of rotatable bonds is 9. The minimum absolute atomic E-state index is 0.0368. The van der Waals surface area contributed by atoms with E-state index in [9.17, 15) is 4.79 Å². The Balaban J connectivity index is 1.15. The van der Waals surface area contributed by atoms with Crippen LogP contribution in [0, 0.1) is 5.92 Å². The Hall–Kier alpha value is -3.22.